The van der Waals surface area contributed by atoms with Gasteiger partial charge in [-0.3, -0.25) is 4.79 Å². The third-order valence-electron chi connectivity index (χ3n) is 3.06. The Balaban J connectivity index is 0.000000211. The zero-order chi connectivity index (χ0) is 18.4. The first-order valence-corrected chi connectivity index (χ1v) is 9.54. The number of nitrogens with zero attached hydrogens (tertiary/aromatic N) is 1. The van der Waals surface area contributed by atoms with Crippen molar-refractivity contribution in [3.05, 3.63) is 57.0 Å². The van der Waals surface area contributed by atoms with E-state index in [2.05, 4.69) is 60.2 Å². The molecule has 26 heavy (non-hydrogen) atoms. The smallest absolute Gasteiger partial charge is 0.300 e. The molecule has 0 aliphatic heterocycles. The molecule has 0 spiro atoms. The van der Waals surface area contributed by atoms with E-state index < -0.39 is 5.97 Å². The number of carboxylic acids is 1. The summed E-state index contributed by atoms with van der Waals surface area (Å²) in [6.45, 7) is 5.24. The molecule has 0 fully saturated rings. The van der Waals surface area contributed by atoms with Crippen LogP contribution in [-0.2, 0) is 21.9 Å². The first kappa shape index (κ1) is 22.5. The molecule has 2 aromatic carbocycles. The SMILES string of the molecule is CC(=O)O.Cc1ccc2sc(=S)[nH]c2c1.Cc1ccc2scnc2c1.[Fe]. The van der Waals surface area contributed by atoms with Gasteiger partial charge in [0.15, 0.2) is 3.95 Å². The number of aliphatic carboxylic acids is 1. The van der Waals surface area contributed by atoms with Gasteiger partial charge in [-0.2, -0.15) is 0 Å². The monoisotopic (exact) mass is 446 g/mol. The zero-order valence-electron chi connectivity index (χ0n) is 14.4. The van der Waals surface area contributed by atoms with E-state index in [0.29, 0.717) is 0 Å². The van der Waals surface area contributed by atoms with Crippen molar-refractivity contribution in [3.63, 3.8) is 0 Å². The van der Waals surface area contributed by atoms with Gasteiger partial charge in [-0.1, -0.05) is 12.1 Å². The second-order valence-electron chi connectivity index (χ2n) is 5.36. The van der Waals surface area contributed by atoms with E-state index in [9.17, 15) is 0 Å². The van der Waals surface area contributed by atoms with E-state index in [0.717, 1.165) is 21.9 Å². The molecule has 0 radical (unpaired) electrons. The third-order valence-corrected chi connectivity index (χ3v) is 5.09. The molecule has 138 valence electrons. The maximum Gasteiger partial charge on any atom is 0.300 e. The van der Waals surface area contributed by atoms with Crippen LogP contribution in [0, 0.1) is 17.8 Å². The van der Waals surface area contributed by atoms with Crippen LogP contribution in [0.1, 0.15) is 18.1 Å². The van der Waals surface area contributed by atoms with Crippen molar-refractivity contribution in [2.75, 3.05) is 0 Å². The molecule has 0 saturated carbocycles. The molecule has 2 aromatic heterocycles. The topological polar surface area (TPSA) is 66.0 Å². The van der Waals surface area contributed by atoms with Crippen molar-refractivity contribution in [1.82, 2.24) is 9.97 Å². The van der Waals surface area contributed by atoms with Gasteiger partial charge in [0.05, 0.1) is 25.9 Å². The van der Waals surface area contributed by atoms with Gasteiger partial charge in [0.1, 0.15) is 0 Å². The number of benzene rings is 2. The average molecular weight is 446 g/mol. The standard InChI is InChI=1S/C8H7NS2.C8H7NS.C2H4O2.Fe/c1-5-2-3-7-6(4-5)9-8(10)11-7;1-6-2-3-8-7(4-6)9-5-10-8;1-2(3)4;/h2-4H,1H3,(H,9,10);2-5H,1H3;1H3,(H,3,4);. The summed E-state index contributed by atoms with van der Waals surface area (Å²) in [5.41, 5.74) is 6.69. The number of carbonyl (C=O) groups is 1. The number of aryl methyl sites for hydroxylation is 2. The van der Waals surface area contributed by atoms with Gasteiger partial charge in [0.2, 0.25) is 0 Å². The number of carboxylic acid groups (broad SMARTS) is 1. The van der Waals surface area contributed by atoms with E-state index in [1.165, 1.54) is 20.5 Å². The minimum Gasteiger partial charge on any atom is -0.481 e. The molecule has 2 N–H and O–H groups in total. The van der Waals surface area contributed by atoms with Crippen LogP contribution < -0.4 is 0 Å². The molecule has 0 aliphatic rings. The second-order valence-corrected chi connectivity index (χ2v) is 7.96. The maximum atomic E-state index is 9.00. The second kappa shape index (κ2) is 10.5. The van der Waals surface area contributed by atoms with Gasteiger partial charge in [-0.25, -0.2) is 4.98 Å². The van der Waals surface area contributed by atoms with E-state index in [4.69, 9.17) is 22.1 Å². The molecule has 0 amide bonds. The fourth-order valence-corrected chi connectivity index (χ4v) is 3.79. The van der Waals surface area contributed by atoms with Crippen LogP contribution in [0.2, 0.25) is 0 Å². The Hall–Kier alpha value is -1.57. The Bertz CT molecular complexity index is 1050. The number of hydrogen-bond acceptors (Lipinski definition) is 5. The number of aromatic nitrogens is 2. The fourth-order valence-electron chi connectivity index (χ4n) is 2.03. The molecule has 0 saturated heterocycles. The number of nitrogens with one attached hydrogen (secondary N) is 1. The minimum atomic E-state index is -0.833. The van der Waals surface area contributed by atoms with Crippen LogP contribution in [-0.4, -0.2) is 21.0 Å². The van der Waals surface area contributed by atoms with Crippen molar-refractivity contribution >= 4 is 61.3 Å². The normalized spacial score (nSPS) is 9.50. The molecule has 2 heterocycles. The predicted octanol–water partition coefficient (Wildman–Crippen LogP) is 5.96. The Labute approximate surface area is 175 Å². The average Bonchev–Trinajstić information content (AvgIpc) is 3.11. The number of thiazole rings is 2. The predicted molar refractivity (Wildman–Crippen MR) is 109 cm³/mol. The number of rotatable bonds is 0. The fraction of sp³-hybridized carbons (Fsp3) is 0.167. The van der Waals surface area contributed by atoms with Gasteiger partial charge >= 0.3 is 0 Å². The van der Waals surface area contributed by atoms with Crippen LogP contribution >= 0.6 is 34.9 Å². The summed E-state index contributed by atoms with van der Waals surface area (Å²) in [7, 11) is 0. The largest absolute Gasteiger partial charge is 0.481 e. The first-order valence-electron chi connectivity index (χ1n) is 7.44. The molecule has 0 bridgehead atoms. The molecule has 4 aromatic rings. The van der Waals surface area contributed by atoms with Gasteiger partial charge in [-0.05, 0) is 61.5 Å². The van der Waals surface area contributed by atoms with Gasteiger partial charge < -0.3 is 10.1 Å². The summed E-state index contributed by atoms with van der Waals surface area (Å²) in [6, 6.07) is 12.6. The van der Waals surface area contributed by atoms with E-state index in [1.54, 1.807) is 22.7 Å². The summed E-state index contributed by atoms with van der Waals surface area (Å²) in [6.07, 6.45) is 0. The molecule has 4 rings (SSSR count). The van der Waals surface area contributed by atoms with Crippen LogP contribution in [0.3, 0.4) is 0 Å². The molecule has 4 nitrogen and oxygen atoms in total. The maximum absolute atomic E-state index is 9.00. The van der Waals surface area contributed by atoms with Gasteiger partial charge in [0.25, 0.3) is 5.97 Å². The van der Waals surface area contributed by atoms with Crippen LogP contribution in [0.5, 0.6) is 0 Å². The van der Waals surface area contributed by atoms with Crippen molar-refractivity contribution in [2.45, 2.75) is 20.8 Å². The number of H-pyrrole nitrogens is 1. The van der Waals surface area contributed by atoms with E-state index >= 15 is 0 Å². The summed E-state index contributed by atoms with van der Waals surface area (Å²) < 4.78 is 3.36. The third kappa shape index (κ3) is 6.97. The van der Waals surface area contributed by atoms with Gasteiger partial charge in [0, 0.05) is 24.0 Å². The Morgan fingerprint density at radius 2 is 1.69 bits per heavy atom. The van der Waals surface area contributed by atoms with Crippen molar-refractivity contribution in [3.8, 4) is 0 Å². The minimum absolute atomic E-state index is 0. The number of fused-ring (bicyclic) bond motifs is 2. The molecular formula is C18H18FeN2O2S3. The zero-order valence-corrected chi connectivity index (χ0v) is 18.0. The summed E-state index contributed by atoms with van der Waals surface area (Å²) in [5.74, 6) is -0.833. The van der Waals surface area contributed by atoms with E-state index in [-0.39, 0.29) is 17.1 Å². The molecule has 0 atom stereocenters. The van der Waals surface area contributed by atoms with Crippen LogP contribution in [0.15, 0.2) is 41.9 Å². The van der Waals surface area contributed by atoms with Gasteiger partial charge in [-0.15, -0.1) is 22.7 Å². The van der Waals surface area contributed by atoms with Crippen molar-refractivity contribution in [2.24, 2.45) is 0 Å². The first-order chi connectivity index (χ1) is 11.8. The number of hydrogen-bond donors (Lipinski definition) is 2. The molecule has 8 heteroatoms. The molecule has 0 unspecified atom stereocenters. The van der Waals surface area contributed by atoms with Crippen LogP contribution in [0.25, 0.3) is 20.4 Å². The Kier molecular flexibility index (Phi) is 9.12. The summed E-state index contributed by atoms with van der Waals surface area (Å²) >= 11 is 8.32. The van der Waals surface area contributed by atoms with Crippen LogP contribution in [0.4, 0.5) is 0 Å². The Morgan fingerprint density at radius 1 is 1.12 bits per heavy atom. The van der Waals surface area contributed by atoms with Crippen molar-refractivity contribution < 1.29 is 27.0 Å². The summed E-state index contributed by atoms with van der Waals surface area (Å²) in [4.78, 5) is 16.3. The number of aromatic amines is 1. The molecule has 0 aliphatic carbocycles. The Morgan fingerprint density at radius 3 is 2.35 bits per heavy atom. The molecular weight excluding hydrogens is 428 g/mol. The quantitative estimate of drug-likeness (QED) is 0.258. The summed E-state index contributed by atoms with van der Waals surface area (Å²) in [5, 5.41) is 7.42. The van der Waals surface area contributed by atoms with E-state index in [1.807, 2.05) is 5.51 Å². The van der Waals surface area contributed by atoms with Crippen molar-refractivity contribution in [1.29, 1.82) is 0 Å².